The van der Waals surface area contributed by atoms with Crippen molar-refractivity contribution < 1.29 is 0 Å². The number of nitriles is 2. The minimum Gasteiger partial charge on any atom is -0.384 e. The van der Waals surface area contributed by atoms with Gasteiger partial charge in [-0.3, -0.25) is 4.79 Å². The van der Waals surface area contributed by atoms with E-state index in [9.17, 15) is 15.3 Å². The van der Waals surface area contributed by atoms with Gasteiger partial charge >= 0.3 is 0 Å². The van der Waals surface area contributed by atoms with E-state index in [-0.39, 0.29) is 16.9 Å². The standard InChI is InChI=1S/C19H19N5O/c1-12-9-13(24-7-3-2-4-8-24)5-6-14(12)17-15(10-20)18(22)23-19(25)16(17)11-21/h5-6,9H,2-4,7-8H2,1H3,(H3,22,23,25). The molecular weight excluding hydrogens is 314 g/mol. The zero-order chi connectivity index (χ0) is 18.0. The maximum Gasteiger partial charge on any atom is 0.268 e. The molecule has 0 aliphatic carbocycles. The lowest BCUT2D eigenvalue weighted by atomic mass is 9.93. The van der Waals surface area contributed by atoms with E-state index in [1.165, 1.54) is 19.3 Å². The van der Waals surface area contributed by atoms with Crippen molar-refractivity contribution in [2.45, 2.75) is 26.2 Å². The van der Waals surface area contributed by atoms with Gasteiger partial charge in [-0.1, -0.05) is 6.07 Å². The lowest BCUT2D eigenvalue weighted by molar-refractivity contribution is 0.578. The van der Waals surface area contributed by atoms with Crippen molar-refractivity contribution in [2.75, 3.05) is 23.7 Å². The van der Waals surface area contributed by atoms with Crippen molar-refractivity contribution in [1.29, 1.82) is 10.5 Å². The number of anilines is 2. The molecule has 0 radical (unpaired) electrons. The summed E-state index contributed by atoms with van der Waals surface area (Å²) in [5, 5.41) is 18.8. The fraction of sp³-hybridized carbons (Fsp3) is 0.316. The molecule has 6 heteroatoms. The number of rotatable bonds is 2. The summed E-state index contributed by atoms with van der Waals surface area (Å²) in [5.74, 6) is -0.0130. The van der Waals surface area contributed by atoms with Crippen molar-refractivity contribution in [3.63, 3.8) is 0 Å². The molecule has 1 saturated heterocycles. The van der Waals surface area contributed by atoms with E-state index in [4.69, 9.17) is 5.73 Å². The van der Waals surface area contributed by atoms with Crippen LogP contribution in [-0.4, -0.2) is 18.1 Å². The number of nitrogens with zero attached hydrogens (tertiary/aromatic N) is 3. The maximum absolute atomic E-state index is 12.1. The van der Waals surface area contributed by atoms with Crippen LogP contribution in [0.3, 0.4) is 0 Å². The number of nitrogens with two attached hydrogens (primary N) is 1. The minimum atomic E-state index is -0.575. The Bertz CT molecular complexity index is 955. The quantitative estimate of drug-likeness (QED) is 0.878. The second-order valence-electron chi connectivity index (χ2n) is 6.26. The number of piperidine rings is 1. The molecule has 0 amide bonds. The summed E-state index contributed by atoms with van der Waals surface area (Å²) in [4.78, 5) is 16.8. The molecule has 25 heavy (non-hydrogen) atoms. The highest BCUT2D eigenvalue weighted by molar-refractivity contribution is 5.82. The number of nitrogen functional groups attached to an aromatic ring is 1. The molecule has 126 valence electrons. The van der Waals surface area contributed by atoms with E-state index in [1.807, 2.05) is 37.3 Å². The molecule has 1 aromatic carbocycles. The highest BCUT2D eigenvalue weighted by atomic mass is 16.1. The van der Waals surface area contributed by atoms with Crippen LogP contribution in [-0.2, 0) is 0 Å². The largest absolute Gasteiger partial charge is 0.384 e. The van der Waals surface area contributed by atoms with Crippen molar-refractivity contribution in [3.8, 4) is 23.3 Å². The summed E-state index contributed by atoms with van der Waals surface area (Å²) in [6.07, 6.45) is 3.63. The Morgan fingerprint density at radius 3 is 2.40 bits per heavy atom. The fourth-order valence-corrected chi connectivity index (χ4v) is 3.39. The number of aromatic amines is 1. The van der Waals surface area contributed by atoms with Gasteiger partial charge in [-0.25, -0.2) is 0 Å². The second kappa shape index (κ2) is 6.70. The Balaban J connectivity index is 2.16. The minimum absolute atomic E-state index is 0.0130. The average molecular weight is 333 g/mol. The van der Waals surface area contributed by atoms with Crippen molar-refractivity contribution in [3.05, 3.63) is 45.2 Å². The Morgan fingerprint density at radius 2 is 1.80 bits per heavy atom. The van der Waals surface area contributed by atoms with Crippen LogP contribution in [0.1, 0.15) is 36.0 Å². The van der Waals surface area contributed by atoms with Crippen molar-refractivity contribution >= 4 is 11.5 Å². The molecule has 0 saturated carbocycles. The van der Waals surface area contributed by atoms with Crippen LogP contribution in [0.4, 0.5) is 11.5 Å². The Labute approximate surface area is 146 Å². The first-order valence-electron chi connectivity index (χ1n) is 8.28. The van der Waals surface area contributed by atoms with Crippen molar-refractivity contribution in [2.24, 2.45) is 0 Å². The van der Waals surface area contributed by atoms with Crippen molar-refractivity contribution in [1.82, 2.24) is 4.98 Å². The Morgan fingerprint density at radius 1 is 1.12 bits per heavy atom. The van der Waals surface area contributed by atoms with Gasteiger partial charge in [-0.2, -0.15) is 10.5 Å². The molecule has 1 aromatic heterocycles. The molecule has 6 nitrogen and oxygen atoms in total. The average Bonchev–Trinajstić information content (AvgIpc) is 2.62. The molecule has 3 N–H and O–H groups in total. The fourth-order valence-electron chi connectivity index (χ4n) is 3.39. The number of hydrogen-bond donors (Lipinski definition) is 2. The molecule has 1 aliphatic heterocycles. The molecule has 2 aromatic rings. The summed E-state index contributed by atoms with van der Waals surface area (Å²) in [6, 6.07) is 9.81. The third kappa shape index (κ3) is 2.95. The third-order valence-electron chi connectivity index (χ3n) is 4.67. The van der Waals surface area contributed by atoms with Gasteiger partial charge in [-0.15, -0.1) is 0 Å². The van der Waals surface area contributed by atoms with Crippen LogP contribution in [0.25, 0.3) is 11.1 Å². The topological polar surface area (TPSA) is 110 Å². The Kier molecular flexibility index (Phi) is 4.45. The molecule has 1 aliphatic rings. The molecule has 0 unspecified atom stereocenters. The number of aromatic nitrogens is 1. The second-order valence-corrected chi connectivity index (χ2v) is 6.26. The van der Waals surface area contributed by atoms with Gasteiger partial charge < -0.3 is 15.6 Å². The number of benzene rings is 1. The van der Waals surface area contributed by atoms with E-state index in [0.717, 1.165) is 24.3 Å². The first-order chi connectivity index (χ1) is 12.1. The summed E-state index contributed by atoms with van der Waals surface area (Å²) in [7, 11) is 0. The number of pyridine rings is 1. The lowest BCUT2D eigenvalue weighted by Gasteiger charge is -2.29. The molecule has 0 atom stereocenters. The van der Waals surface area contributed by atoms with Gasteiger partial charge in [0, 0.05) is 24.3 Å². The Hall–Kier alpha value is -3.25. The first kappa shape index (κ1) is 16.6. The highest BCUT2D eigenvalue weighted by Gasteiger charge is 2.20. The van der Waals surface area contributed by atoms with E-state index in [0.29, 0.717) is 11.1 Å². The zero-order valence-corrected chi connectivity index (χ0v) is 14.1. The van der Waals surface area contributed by atoms with Gasteiger partial charge in [0.05, 0.1) is 0 Å². The summed E-state index contributed by atoms with van der Waals surface area (Å²) < 4.78 is 0. The normalized spacial score (nSPS) is 14.0. The third-order valence-corrected chi connectivity index (χ3v) is 4.67. The highest BCUT2D eigenvalue weighted by Crippen LogP contribution is 2.33. The molecule has 0 spiro atoms. The summed E-state index contributed by atoms with van der Waals surface area (Å²) >= 11 is 0. The van der Waals surface area contributed by atoms with E-state index >= 15 is 0 Å². The van der Waals surface area contributed by atoms with Crippen LogP contribution in [0.2, 0.25) is 0 Å². The predicted octanol–water partition coefficient (Wildman–Crippen LogP) is 2.67. The summed E-state index contributed by atoms with van der Waals surface area (Å²) in [6.45, 7) is 3.98. The molecular formula is C19H19N5O. The molecule has 0 bridgehead atoms. The van der Waals surface area contributed by atoms with Gasteiger partial charge in [0.15, 0.2) is 0 Å². The molecule has 2 heterocycles. The number of hydrogen-bond acceptors (Lipinski definition) is 5. The van der Waals surface area contributed by atoms with Gasteiger partial charge in [0.1, 0.15) is 29.1 Å². The van der Waals surface area contributed by atoms with Gasteiger partial charge in [-0.05, 0) is 49.4 Å². The maximum atomic E-state index is 12.1. The molecule has 1 fully saturated rings. The van der Waals surface area contributed by atoms with Crippen LogP contribution < -0.4 is 16.2 Å². The number of H-pyrrole nitrogens is 1. The van der Waals surface area contributed by atoms with Crippen LogP contribution in [0.5, 0.6) is 0 Å². The predicted molar refractivity (Wildman–Crippen MR) is 97.1 cm³/mol. The van der Waals surface area contributed by atoms with E-state index in [1.54, 1.807) is 0 Å². The number of nitrogens with one attached hydrogen (secondary N) is 1. The first-order valence-corrected chi connectivity index (χ1v) is 8.28. The van der Waals surface area contributed by atoms with E-state index in [2.05, 4.69) is 9.88 Å². The molecule has 3 rings (SSSR count). The van der Waals surface area contributed by atoms with Crippen LogP contribution in [0, 0.1) is 29.6 Å². The lowest BCUT2D eigenvalue weighted by Crippen LogP contribution is -2.29. The van der Waals surface area contributed by atoms with E-state index < -0.39 is 5.56 Å². The van der Waals surface area contributed by atoms with Gasteiger partial charge in [0.25, 0.3) is 5.56 Å². The zero-order valence-electron chi connectivity index (χ0n) is 14.1. The number of aryl methyl sites for hydroxylation is 1. The SMILES string of the molecule is Cc1cc(N2CCCCC2)ccc1-c1c(C#N)c(N)[nH]c(=O)c1C#N. The van der Waals surface area contributed by atoms with Gasteiger partial charge in [0.2, 0.25) is 0 Å². The van der Waals surface area contributed by atoms with Crippen LogP contribution in [0.15, 0.2) is 23.0 Å². The monoisotopic (exact) mass is 333 g/mol. The smallest absolute Gasteiger partial charge is 0.268 e. The van der Waals surface area contributed by atoms with Crippen LogP contribution >= 0.6 is 0 Å². The summed E-state index contributed by atoms with van der Waals surface area (Å²) in [5.41, 5.74) is 8.29.